The number of carbonyl (C=O) groups is 2. The molecule has 1 aliphatic rings. The van der Waals surface area contributed by atoms with E-state index in [4.69, 9.17) is 0 Å². The lowest BCUT2D eigenvalue weighted by Gasteiger charge is -2.16. The molecule has 0 bridgehead atoms. The second-order valence-electron chi connectivity index (χ2n) is 8.41. The number of hydrogen-bond acceptors (Lipinski definition) is 5. The number of benzene rings is 2. The Balaban J connectivity index is 1.64. The summed E-state index contributed by atoms with van der Waals surface area (Å²) < 4.78 is 0. The highest BCUT2D eigenvalue weighted by Gasteiger charge is 2.13. The number of ketones is 1. The predicted molar refractivity (Wildman–Crippen MR) is 126 cm³/mol. The van der Waals surface area contributed by atoms with E-state index in [0.29, 0.717) is 23.9 Å². The van der Waals surface area contributed by atoms with Crippen LogP contribution in [0.4, 0.5) is 11.4 Å². The quantitative estimate of drug-likeness (QED) is 0.534. The van der Waals surface area contributed by atoms with Crippen molar-refractivity contribution in [2.24, 2.45) is 10.9 Å². The third-order valence-electron chi connectivity index (χ3n) is 5.27. The fourth-order valence-corrected chi connectivity index (χ4v) is 3.48. The van der Waals surface area contributed by atoms with Crippen molar-refractivity contribution >= 4 is 29.0 Å². The van der Waals surface area contributed by atoms with E-state index in [9.17, 15) is 9.59 Å². The zero-order valence-corrected chi connectivity index (χ0v) is 18.6. The first-order valence-electron chi connectivity index (χ1n) is 11.0. The molecule has 0 saturated heterocycles. The summed E-state index contributed by atoms with van der Waals surface area (Å²) >= 11 is 0. The van der Waals surface area contributed by atoms with E-state index in [2.05, 4.69) is 34.8 Å². The topological polar surface area (TPSA) is 82.6 Å². The van der Waals surface area contributed by atoms with Crippen LogP contribution in [0.3, 0.4) is 0 Å². The Morgan fingerprint density at radius 1 is 1.13 bits per heavy atom. The Bertz CT molecular complexity index is 966. The van der Waals surface area contributed by atoms with Crippen molar-refractivity contribution in [2.45, 2.75) is 46.5 Å². The van der Waals surface area contributed by atoms with E-state index in [-0.39, 0.29) is 11.7 Å². The largest absolute Gasteiger partial charge is 0.356 e. The van der Waals surface area contributed by atoms with Crippen molar-refractivity contribution in [2.75, 3.05) is 18.4 Å². The van der Waals surface area contributed by atoms with Gasteiger partial charge in [-0.3, -0.25) is 19.9 Å². The van der Waals surface area contributed by atoms with Crippen LogP contribution < -0.4 is 16.0 Å². The number of rotatable bonds is 8. The summed E-state index contributed by atoms with van der Waals surface area (Å²) in [5.74, 6) is 1.13. The standard InChI is InChI=1S/C25H32N4O2/c1-17(2)7-4-10-23(30)19-8-5-9-21(16-19)28-22-12-11-20(15-18(22)3)24(31)29-25-26-13-6-14-27-25/h5,8-9,11-12,15-17,28H,4,6-7,10,13-14H2,1-3H3,(H2,26,27,29,31). The summed E-state index contributed by atoms with van der Waals surface area (Å²) in [6.07, 6.45) is 3.53. The number of aryl methyl sites for hydroxylation is 1. The first kappa shape index (κ1) is 22.5. The van der Waals surface area contributed by atoms with Gasteiger partial charge in [-0.05, 0) is 61.6 Å². The summed E-state index contributed by atoms with van der Waals surface area (Å²) in [6, 6.07) is 13.1. The minimum absolute atomic E-state index is 0.173. The van der Waals surface area contributed by atoms with Crippen LogP contribution in [0.25, 0.3) is 0 Å². The van der Waals surface area contributed by atoms with Gasteiger partial charge in [0.05, 0.1) is 0 Å². The average molecular weight is 421 g/mol. The van der Waals surface area contributed by atoms with E-state index in [0.717, 1.165) is 54.9 Å². The summed E-state index contributed by atoms with van der Waals surface area (Å²) in [7, 11) is 0. The molecule has 0 unspecified atom stereocenters. The number of nitrogens with zero attached hydrogens (tertiary/aromatic N) is 1. The molecule has 2 aromatic rings. The molecule has 164 valence electrons. The molecule has 3 N–H and O–H groups in total. The van der Waals surface area contributed by atoms with Crippen LogP contribution in [0.2, 0.25) is 0 Å². The Morgan fingerprint density at radius 2 is 1.97 bits per heavy atom. The Kier molecular flexibility index (Phi) is 7.82. The highest BCUT2D eigenvalue weighted by atomic mass is 16.2. The highest BCUT2D eigenvalue weighted by molar-refractivity contribution is 6.06. The SMILES string of the molecule is Cc1cc(C(=O)NC2=NCCCN2)ccc1Nc1cccc(C(=O)CCCC(C)C)c1. The number of nitrogens with one attached hydrogen (secondary N) is 3. The van der Waals surface area contributed by atoms with Gasteiger partial charge in [0.15, 0.2) is 11.7 Å². The van der Waals surface area contributed by atoms with Crippen molar-refractivity contribution < 1.29 is 9.59 Å². The molecule has 31 heavy (non-hydrogen) atoms. The van der Waals surface area contributed by atoms with E-state index in [1.165, 1.54) is 0 Å². The molecule has 0 spiro atoms. The molecule has 0 atom stereocenters. The van der Waals surface area contributed by atoms with Crippen LogP contribution in [-0.2, 0) is 0 Å². The van der Waals surface area contributed by atoms with E-state index >= 15 is 0 Å². The van der Waals surface area contributed by atoms with Crippen LogP contribution in [0.15, 0.2) is 47.5 Å². The van der Waals surface area contributed by atoms with Gasteiger partial charge < -0.3 is 10.6 Å². The first-order valence-corrected chi connectivity index (χ1v) is 11.0. The molecule has 1 heterocycles. The van der Waals surface area contributed by atoms with E-state index in [1.54, 1.807) is 6.07 Å². The second-order valence-corrected chi connectivity index (χ2v) is 8.41. The van der Waals surface area contributed by atoms with Crippen LogP contribution in [0.1, 0.15) is 65.8 Å². The Morgan fingerprint density at radius 3 is 2.68 bits per heavy atom. The van der Waals surface area contributed by atoms with Crippen molar-refractivity contribution in [3.8, 4) is 0 Å². The minimum Gasteiger partial charge on any atom is -0.356 e. The Hall–Kier alpha value is -3.15. The van der Waals surface area contributed by atoms with Gasteiger partial charge in [0.2, 0.25) is 0 Å². The lowest BCUT2D eigenvalue weighted by Crippen LogP contribution is -2.43. The van der Waals surface area contributed by atoms with Crippen molar-refractivity contribution in [1.82, 2.24) is 10.6 Å². The monoisotopic (exact) mass is 420 g/mol. The fourth-order valence-electron chi connectivity index (χ4n) is 3.48. The molecule has 0 radical (unpaired) electrons. The lowest BCUT2D eigenvalue weighted by molar-refractivity contribution is 0.0968. The van der Waals surface area contributed by atoms with Gasteiger partial charge >= 0.3 is 0 Å². The maximum absolute atomic E-state index is 12.5. The van der Waals surface area contributed by atoms with Gasteiger partial charge in [0.1, 0.15) is 0 Å². The van der Waals surface area contributed by atoms with E-state index in [1.807, 2.05) is 43.3 Å². The average Bonchev–Trinajstić information content (AvgIpc) is 2.75. The highest BCUT2D eigenvalue weighted by Crippen LogP contribution is 2.23. The maximum Gasteiger partial charge on any atom is 0.257 e. The second kappa shape index (κ2) is 10.8. The third-order valence-corrected chi connectivity index (χ3v) is 5.27. The summed E-state index contributed by atoms with van der Waals surface area (Å²) in [6.45, 7) is 7.85. The van der Waals surface area contributed by atoms with Gasteiger partial charge in [0.25, 0.3) is 5.91 Å². The van der Waals surface area contributed by atoms with Crippen LogP contribution in [-0.4, -0.2) is 30.7 Å². The van der Waals surface area contributed by atoms with Gasteiger partial charge in [-0.25, -0.2) is 0 Å². The van der Waals surface area contributed by atoms with Gasteiger partial charge in [0, 0.05) is 42.0 Å². The summed E-state index contributed by atoms with van der Waals surface area (Å²) in [5.41, 5.74) is 4.00. The molecule has 0 aromatic heterocycles. The molecule has 6 heteroatoms. The lowest BCUT2D eigenvalue weighted by atomic mass is 10.0. The molecular weight excluding hydrogens is 388 g/mol. The number of aliphatic imine (C=N–C) groups is 1. The van der Waals surface area contributed by atoms with E-state index < -0.39 is 0 Å². The van der Waals surface area contributed by atoms with Crippen LogP contribution >= 0.6 is 0 Å². The van der Waals surface area contributed by atoms with Crippen LogP contribution in [0.5, 0.6) is 0 Å². The third kappa shape index (κ3) is 6.67. The number of guanidine groups is 1. The van der Waals surface area contributed by atoms with Crippen LogP contribution in [0, 0.1) is 12.8 Å². The number of carbonyl (C=O) groups excluding carboxylic acids is 2. The van der Waals surface area contributed by atoms with Gasteiger partial charge in [-0.1, -0.05) is 32.4 Å². The smallest absolute Gasteiger partial charge is 0.257 e. The molecule has 3 rings (SSSR count). The first-order chi connectivity index (χ1) is 14.9. The number of hydrogen-bond donors (Lipinski definition) is 3. The predicted octanol–water partition coefficient (Wildman–Crippen LogP) is 4.83. The van der Waals surface area contributed by atoms with Crippen molar-refractivity contribution in [1.29, 1.82) is 0 Å². The number of anilines is 2. The molecular formula is C25H32N4O2. The van der Waals surface area contributed by atoms with Gasteiger partial charge in [-0.15, -0.1) is 0 Å². The Labute approximate surface area is 184 Å². The van der Waals surface area contributed by atoms with Crippen molar-refractivity contribution in [3.63, 3.8) is 0 Å². The maximum atomic E-state index is 12.5. The molecule has 0 fully saturated rings. The molecule has 2 aromatic carbocycles. The normalized spacial score (nSPS) is 13.4. The molecule has 0 saturated carbocycles. The zero-order valence-electron chi connectivity index (χ0n) is 18.6. The molecule has 1 aliphatic heterocycles. The van der Waals surface area contributed by atoms with Crippen molar-refractivity contribution in [3.05, 3.63) is 59.2 Å². The molecule has 0 aliphatic carbocycles. The molecule has 6 nitrogen and oxygen atoms in total. The number of Topliss-reactive ketones (excluding diaryl/α,β-unsaturated/α-hetero) is 1. The van der Waals surface area contributed by atoms with Gasteiger partial charge in [-0.2, -0.15) is 0 Å². The molecule has 1 amide bonds. The zero-order chi connectivity index (χ0) is 22.2. The summed E-state index contributed by atoms with van der Waals surface area (Å²) in [5, 5.41) is 9.28. The minimum atomic E-state index is -0.184. The number of amides is 1. The summed E-state index contributed by atoms with van der Waals surface area (Å²) in [4.78, 5) is 29.3. The fraction of sp³-hybridized carbons (Fsp3) is 0.400.